The van der Waals surface area contributed by atoms with Crippen LogP contribution < -0.4 is 11.1 Å². The van der Waals surface area contributed by atoms with Gasteiger partial charge in [0.15, 0.2) is 0 Å². The normalized spacial score (nSPS) is 20.9. The zero-order chi connectivity index (χ0) is 11.5. The Morgan fingerprint density at radius 2 is 1.93 bits per heavy atom. The minimum absolute atomic E-state index is 0.0572. The predicted molar refractivity (Wildman–Crippen MR) is 57.9 cm³/mol. The summed E-state index contributed by atoms with van der Waals surface area (Å²) in [5, 5.41) is 2.63. The van der Waals surface area contributed by atoms with Crippen molar-refractivity contribution >= 4 is 11.8 Å². The Kier molecular flexibility index (Phi) is 3.72. The Morgan fingerprint density at radius 1 is 1.40 bits per heavy atom. The van der Waals surface area contributed by atoms with E-state index >= 15 is 0 Å². The molecule has 1 saturated carbocycles. The summed E-state index contributed by atoms with van der Waals surface area (Å²) in [6.07, 6.45) is 4.18. The fourth-order valence-corrected chi connectivity index (χ4v) is 2.77. The van der Waals surface area contributed by atoms with Crippen LogP contribution in [0.5, 0.6) is 0 Å². The molecule has 0 saturated heterocycles. The van der Waals surface area contributed by atoms with Crippen LogP contribution in [-0.2, 0) is 9.59 Å². The molecular weight excluding hydrogens is 192 g/mol. The molecule has 0 heterocycles. The topological polar surface area (TPSA) is 72.2 Å². The van der Waals surface area contributed by atoms with E-state index in [-0.39, 0.29) is 17.7 Å². The number of carbonyl (C=O) groups is 2. The van der Waals surface area contributed by atoms with Crippen LogP contribution in [-0.4, -0.2) is 18.9 Å². The minimum Gasteiger partial charge on any atom is -0.369 e. The zero-order valence-electron chi connectivity index (χ0n) is 9.51. The van der Waals surface area contributed by atoms with Crippen LogP contribution in [0.3, 0.4) is 0 Å². The molecule has 3 N–H and O–H groups in total. The van der Waals surface area contributed by atoms with Gasteiger partial charge in [0, 0.05) is 7.05 Å². The lowest BCUT2D eigenvalue weighted by Gasteiger charge is -2.32. The maximum atomic E-state index is 11.7. The van der Waals surface area contributed by atoms with Gasteiger partial charge in [0.1, 0.15) is 0 Å². The van der Waals surface area contributed by atoms with Crippen LogP contribution in [0.25, 0.3) is 0 Å². The summed E-state index contributed by atoms with van der Waals surface area (Å²) in [7, 11) is 1.61. The first-order chi connectivity index (χ1) is 7.08. The summed E-state index contributed by atoms with van der Waals surface area (Å²) in [5.41, 5.74) is 4.89. The highest BCUT2D eigenvalue weighted by atomic mass is 16.2. The summed E-state index contributed by atoms with van der Waals surface area (Å²) in [6.45, 7) is 1.93. The standard InChI is InChI=1S/C11H20N2O2/c1-3-8(9(14)13-2)11(10(12)15)6-4-5-7-11/h8H,3-7H2,1-2H3,(H2,12,15)(H,13,14)/t8-/m0/s1. The SMILES string of the molecule is CC[C@@H](C(=O)NC)C1(C(N)=O)CCCC1. The molecule has 1 atom stereocenters. The van der Waals surface area contributed by atoms with Crippen molar-refractivity contribution in [2.75, 3.05) is 7.05 Å². The monoisotopic (exact) mass is 212 g/mol. The first kappa shape index (κ1) is 12.0. The number of rotatable bonds is 4. The molecule has 0 aromatic rings. The summed E-state index contributed by atoms with van der Waals surface area (Å²) >= 11 is 0. The van der Waals surface area contributed by atoms with Gasteiger partial charge < -0.3 is 11.1 Å². The molecule has 0 aromatic heterocycles. The Labute approximate surface area is 90.6 Å². The number of nitrogens with one attached hydrogen (secondary N) is 1. The maximum absolute atomic E-state index is 11.7. The Bertz CT molecular complexity index is 257. The average Bonchev–Trinajstić information content (AvgIpc) is 2.69. The van der Waals surface area contributed by atoms with E-state index in [2.05, 4.69) is 5.32 Å². The largest absolute Gasteiger partial charge is 0.369 e. The van der Waals surface area contributed by atoms with E-state index in [1.165, 1.54) is 0 Å². The third-order valence-corrected chi connectivity index (χ3v) is 3.62. The quantitative estimate of drug-likeness (QED) is 0.723. The molecule has 4 nitrogen and oxygen atoms in total. The van der Waals surface area contributed by atoms with Gasteiger partial charge in [-0.05, 0) is 19.3 Å². The van der Waals surface area contributed by atoms with Gasteiger partial charge in [-0.3, -0.25) is 9.59 Å². The lowest BCUT2D eigenvalue weighted by atomic mass is 9.71. The highest BCUT2D eigenvalue weighted by Crippen LogP contribution is 2.45. The Hall–Kier alpha value is -1.06. The van der Waals surface area contributed by atoms with E-state index in [9.17, 15) is 9.59 Å². The minimum atomic E-state index is -0.588. The van der Waals surface area contributed by atoms with E-state index in [0.717, 1.165) is 25.7 Å². The van der Waals surface area contributed by atoms with E-state index in [0.29, 0.717) is 6.42 Å². The molecule has 0 aromatic carbocycles. The number of carbonyl (C=O) groups excluding carboxylic acids is 2. The molecule has 1 aliphatic carbocycles. The van der Waals surface area contributed by atoms with E-state index < -0.39 is 5.41 Å². The second kappa shape index (κ2) is 4.64. The first-order valence-corrected chi connectivity index (χ1v) is 5.60. The summed E-state index contributed by atoms with van der Waals surface area (Å²) in [5.74, 6) is -0.629. The van der Waals surface area contributed by atoms with E-state index in [1.807, 2.05) is 6.92 Å². The van der Waals surface area contributed by atoms with Gasteiger partial charge >= 0.3 is 0 Å². The van der Waals surface area contributed by atoms with Crippen LogP contribution in [0.2, 0.25) is 0 Å². The molecule has 86 valence electrons. The van der Waals surface area contributed by atoms with Crippen molar-refractivity contribution in [3.8, 4) is 0 Å². The van der Waals surface area contributed by atoms with Crippen LogP contribution in [0.1, 0.15) is 39.0 Å². The van der Waals surface area contributed by atoms with Gasteiger partial charge in [0.25, 0.3) is 0 Å². The van der Waals surface area contributed by atoms with Gasteiger partial charge in [-0.2, -0.15) is 0 Å². The van der Waals surface area contributed by atoms with Gasteiger partial charge in [0.2, 0.25) is 11.8 Å². The van der Waals surface area contributed by atoms with E-state index in [4.69, 9.17) is 5.73 Å². The molecule has 1 aliphatic rings. The molecule has 2 amide bonds. The van der Waals surface area contributed by atoms with Crippen LogP contribution in [0, 0.1) is 11.3 Å². The fourth-order valence-electron chi connectivity index (χ4n) is 2.77. The Balaban J connectivity index is 2.96. The molecule has 4 heteroatoms. The van der Waals surface area contributed by atoms with Crippen LogP contribution in [0.4, 0.5) is 0 Å². The molecule has 0 aliphatic heterocycles. The first-order valence-electron chi connectivity index (χ1n) is 5.60. The van der Waals surface area contributed by atoms with Crippen molar-refractivity contribution in [1.82, 2.24) is 5.32 Å². The Morgan fingerprint density at radius 3 is 2.27 bits per heavy atom. The van der Waals surface area contributed by atoms with E-state index in [1.54, 1.807) is 7.05 Å². The van der Waals surface area contributed by atoms with Gasteiger partial charge in [0.05, 0.1) is 11.3 Å². The highest BCUT2D eigenvalue weighted by Gasteiger charge is 2.48. The van der Waals surface area contributed by atoms with Gasteiger partial charge in [-0.25, -0.2) is 0 Å². The van der Waals surface area contributed by atoms with Gasteiger partial charge in [-0.1, -0.05) is 19.8 Å². The molecule has 1 fully saturated rings. The van der Waals surface area contributed by atoms with Crippen LogP contribution >= 0.6 is 0 Å². The summed E-state index contributed by atoms with van der Waals surface area (Å²) in [4.78, 5) is 23.3. The number of primary amides is 1. The lowest BCUT2D eigenvalue weighted by Crippen LogP contribution is -2.47. The second-order valence-electron chi connectivity index (χ2n) is 4.30. The molecule has 0 bridgehead atoms. The smallest absolute Gasteiger partial charge is 0.224 e. The predicted octanol–water partition coefficient (Wildman–Crippen LogP) is 0.804. The highest BCUT2D eigenvalue weighted by molar-refractivity contribution is 5.90. The third kappa shape index (κ3) is 1.98. The molecular formula is C11H20N2O2. The zero-order valence-corrected chi connectivity index (χ0v) is 9.51. The molecule has 1 rings (SSSR count). The van der Waals surface area contributed by atoms with Crippen molar-refractivity contribution in [2.45, 2.75) is 39.0 Å². The fraction of sp³-hybridized carbons (Fsp3) is 0.818. The van der Waals surface area contributed by atoms with Crippen molar-refractivity contribution in [3.05, 3.63) is 0 Å². The molecule has 0 radical (unpaired) electrons. The van der Waals surface area contributed by atoms with Crippen LogP contribution in [0.15, 0.2) is 0 Å². The summed E-state index contributed by atoms with van der Waals surface area (Å²) < 4.78 is 0. The molecule has 0 spiro atoms. The average molecular weight is 212 g/mol. The number of hydrogen-bond donors (Lipinski definition) is 2. The van der Waals surface area contributed by atoms with Crippen molar-refractivity contribution < 1.29 is 9.59 Å². The lowest BCUT2D eigenvalue weighted by molar-refractivity contribution is -0.140. The number of hydrogen-bond acceptors (Lipinski definition) is 2. The summed E-state index contributed by atoms with van der Waals surface area (Å²) in [6, 6.07) is 0. The van der Waals surface area contributed by atoms with Crippen molar-refractivity contribution in [3.63, 3.8) is 0 Å². The third-order valence-electron chi connectivity index (χ3n) is 3.62. The number of nitrogens with two attached hydrogens (primary N) is 1. The second-order valence-corrected chi connectivity index (χ2v) is 4.30. The van der Waals surface area contributed by atoms with Crippen molar-refractivity contribution in [2.24, 2.45) is 17.1 Å². The van der Waals surface area contributed by atoms with Crippen molar-refractivity contribution in [1.29, 1.82) is 0 Å². The maximum Gasteiger partial charge on any atom is 0.224 e. The molecule has 0 unspecified atom stereocenters. The van der Waals surface area contributed by atoms with Gasteiger partial charge in [-0.15, -0.1) is 0 Å². The number of amides is 2. The molecule has 15 heavy (non-hydrogen) atoms.